The standard InChI is InChI=1S/C13H11NO5/c1-19-8-4-5-10-9(7-8)12(17)13(18)14(10)6-2-3-11(15)16/h2-5,7H,6H2,1H3,(H,15,16). The fourth-order valence-corrected chi connectivity index (χ4v) is 1.85. The third-order valence-electron chi connectivity index (χ3n) is 2.73. The van der Waals surface area contributed by atoms with E-state index >= 15 is 0 Å². The Morgan fingerprint density at radius 1 is 1.42 bits per heavy atom. The van der Waals surface area contributed by atoms with Crippen LogP contribution >= 0.6 is 0 Å². The number of ether oxygens (including phenoxy) is 1. The van der Waals surface area contributed by atoms with Crippen molar-refractivity contribution in [2.75, 3.05) is 18.6 Å². The molecule has 0 unspecified atom stereocenters. The number of anilines is 1. The molecule has 1 aliphatic rings. The molecule has 1 amide bonds. The maximum absolute atomic E-state index is 11.8. The van der Waals surface area contributed by atoms with Crippen LogP contribution in [-0.4, -0.2) is 36.4 Å². The summed E-state index contributed by atoms with van der Waals surface area (Å²) in [5.41, 5.74) is 0.735. The number of rotatable bonds is 4. The topological polar surface area (TPSA) is 83.9 Å². The zero-order valence-electron chi connectivity index (χ0n) is 10.1. The van der Waals surface area contributed by atoms with Crippen LogP contribution in [0.25, 0.3) is 0 Å². The first kappa shape index (κ1) is 12.8. The summed E-state index contributed by atoms with van der Waals surface area (Å²) >= 11 is 0. The van der Waals surface area contributed by atoms with Crippen molar-refractivity contribution in [1.29, 1.82) is 0 Å². The van der Waals surface area contributed by atoms with Gasteiger partial charge in [0.1, 0.15) is 5.75 Å². The first-order chi connectivity index (χ1) is 9.04. The average molecular weight is 261 g/mol. The number of hydrogen-bond donors (Lipinski definition) is 1. The van der Waals surface area contributed by atoms with Gasteiger partial charge >= 0.3 is 5.97 Å². The van der Waals surface area contributed by atoms with Crippen LogP contribution in [0.1, 0.15) is 10.4 Å². The van der Waals surface area contributed by atoms with Crippen molar-refractivity contribution in [3.8, 4) is 5.75 Å². The Labute approximate surface area is 108 Å². The fraction of sp³-hybridized carbons (Fsp3) is 0.154. The van der Waals surface area contributed by atoms with Gasteiger partial charge in [-0.2, -0.15) is 0 Å². The molecule has 6 nitrogen and oxygen atoms in total. The maximum atomic E-state index is 11.8. The number of carboxylic acid groups (broad SMARTS) is 1. The van der Waals surface area contributed by atoms with E-state index in [2.05, 4.69) is 0 Å². The Morgan fingerprint density at radius 3 is 2.79 bits per heavy atom. The highest BCUT2D eigenvalue weighted by Crippen LogP contribution is 2.31. The second-order valence-electron chi connectivity index (χ2n) is 3.87. The summed E-state index contributed by atoms with van der Waals surface area (Å²) in [5.74, 6) is -1.90. The summed E-state index contributed by atoms with van der Waals surface area (Å²) in [6, 6.07) is 4.74. The third-order valence-corrected chi connectivity index (χ3v) is 2.73. The van der Waals surface area contributed by atoms with Crippen LogP contribution in [-0.2, 0) is 9.59 Å². The molecule has 1 aromatic rings. The second kappa shape index (κ2) is 4.93. The molecule has 0 saturated carbocycles. The molecule has 0 bridgehead atoms. The van der Waals surface area contributed by atoms with Gasteiger partial charge in [0.2, 0.25) is 0 Å². The molecule has 98 valence electrons. The molecule has 0 aromatic heterocycles. The molecule has 0 fully saturated rings. The quantitative estimate of drug-likeness (QED) is 0.642. The van der Waals surface area contributed by atoms with Crippen LogP contribution < -0.4 is 9.64 Å². The van der Waals surface area contributed by atoms with E-state index in [0.29, 0.717) is 11.4 Å². The van der Waals surface area contributed by atoms with E-state index < -0.39 is 17.7 Å². The van der Waals surface area contributed by atoms with Crippen LogP contribution in [0.2, 0.25) is 0 Å². The molecular weight excluding hydrogens is 250 g/mol. The van der Waals surface area contributed by atoms with Crippen molar-refractivity contribution in [1.82, 2.24) is 0 Å². The fourth-order valence-electron chi connectivity index (χ4n) is 1.85. The van der Waals surface area contributed by atoms with E-state index in [9.17, 15) is 14.4 Å². The molecule has 1 aliphatic heterocycles. The first-order valence-electron chi connectivity index (χ1n) is 5.48. The number of hydrogen-bond acceptors (Lipinski definition) is 4. The van der Waals surface area contributed by atoms with Gasteiger partial charge in [-0.05, 0) is 18.2 Å². The SMILES string of the molecule is COc1ccc2c(c1)C(=O)C(=O)N2CC=CC(=O)O. The zero-order valence-corrected chi connectivity index (χ0v) is 10.1. The third kappa shape index (κ3) is 2.33. The number of aliphatic carboxylic acids is 1. The molecule has 0 aliphatic carbocycles. The Kier molecular flexibility index (Phi) is 3.33. The zero-order chi connectivity index (χ0) is 14.0. The van der Waals surface area contributed by atoms with Crippen LogP contribution in [0.5, 0.6) is 5.75 Å². The molecule has 1 aromatic carbocycles. The van der Waals surface area contributed by atoms with Crippen molar-refractivity contribution in [2.24, 2.45) is 0 Å². The summed E-state index contributed by atoms with van der Waals surface area (Å²) in [7, 11) is 1.47. The number of fused-ring (bicyclic) bond motifs is 1. The van der Waals surface area contributed by atoms with Gasteiger partial charge < -0.3 is 14.7 Å². The van der Waals surface area contributed by atoms with Gasteiger partial charge in [0.05, 0.1) is 18.4 Å². The van der Waals surface area contributed by atoms with Crippen molar-refractivity contribution >= 4 is 23.3 Å². The van der Waals surface area contributed by atoms with Crippen molar-refractivity contribution < 1.29 is 24.2 Å². The molecule has 1 heterocycles. The van der Waals surface area contributed by atoms with Crippen LogP contribution in [0.4, 0.5) is 5.69 Å². The van der Waals surface area contributed by atoms with Crippen molar-refractivity contribution in [3.05, 3.63) is 35.9 Å². The van der Waals surface area contributed by atoms with Crippen LogP contribution in [0, 0.1) is 0 Å². The van der Waals surface area contributed by atoms with Gasteiger partial charge in [-0.25, -0.2) is 4.79 Å². The molecule has 0 radical (unpaired) electrons. The van der Waals surface area contributed by atoms with Gasteiger partial charge in [0.15, 0.2) is 0 Å². The molecule has 6 heteroatoms. The first-order valence-corrected chi connectivity index (χ1v) is 5.48. The predicted octanol–water partition coefficient (Wildman–Crippen LogP) is 0.865. The Balaban J connectivity index is 2.31. The molecule has 2 rings (SSSR count). The minimum Gasteiger partial charge on any atom is -0.497 e. The number of nitrogens with zero attached hydrogens (tertiary/aromatic N) is 1. The number of carbonyl (C=O) groups excluding carboxylic acids is 2. The molecule has 0 saturated heterocycles. The molecule has 19 heavy (non-hydrogen) atoms. The van der Waals surface area contributed by atoms with E-state index in [1.165, 1.54) is 24.2 Å². The summed E-state index contributed by atoms with van der Waals surface area (Å²) in [6.07, 6.45) is 2.24. The lowest BCUT2D eigenvalue weighted by Crippen LogP contribution is -2.29. The number of ketones is 1. The van der Waals surface area contributed by atoms with Crippen molar-refractivity contribution in [3.63, 3.8) is 0 Å². The summed E-state index contributed by atoms with van der Waals surface area (Å²) < 4.78 is 5.00. The number of Topliss-reactive ketones (excluding diaryl/α,β-unsaturated/α-hetero) is 1. The Morgan fingerprint density at radius 2 is 2.16 bits per heavy atom. The Bertz CT molecular complexity index is 591. The lowest BCUT2D eigenvalue weighted by Gasteiger charge is -2.13. The van der Waals surface area contributed by atoms with E-state index in [4.69, 9.17) is 9.84 Å². The molecule has 0 spiro atoms. The highest BCUT2D eigenvalue weighted by molar-refractivity contribution is 6.52. The van der Waals surface area contributed by atoms with Gasteiger partial charge in [0.25, 0.3) is 11.7 Å². The van der Waals surface area contributed by atoms with E-state index in [1.807, 2.05) is 0 Å². The highest BCUT2D eigenvalue weighted by Gasteiger charge is 2.35. The van der Waals surface area contributed by atoms with Crippen LogP contribution in [0.3, 0.4) is 0 Å². The van der Waals surface area contributed by atoms with E-state index in [-0.39, 0.29) is 12.1 Å². The minimum atomic E-state index is -1.10. The largest absolute Gasteiger partial charge is 0.497 e. The maximum Gasteiger partial charge on any atom is 0.328 e. The lowest BCUT2D eigenvalue weighted by molar-refractivity contribution is -0.131. The summed E-state index contributed by atoms with van der Waals surface area (Å²) in [5, 5.41) is 8.50. The summed E-state index contributed by atoms with van der Waals surface area (Å²) in [4.78, 5) is 35.2. The van der Waals surface area contributed by atoms with Gasteiger partial charge in [-0.15, -0.1) is 0 Å². The number of methoxy groups -OCH3 is 1. The Hall–Kier alpha value is -2.63. The van der Waals surface area contributed by atoms with Gasteiger partial charge in [-0.3, -0.25) is 9.59 Å². The smallest absolute Gasteiger partial charge is 0.328 e. The van der Waals surface area contributed by atoms with Crippen LogP contribution in [0.15, 0.2) is 30.4 Å². The monoisotopic (exact) mass is 261 g/mol. The van der Waals surface area contributed by atoms with E-state index in [0.717, 1.165) is 6.08 Å². The average Bonchev–Trinajstić information content (AvgIpc) is 2.63. The van der Waals surface area contributed by atoms with Crippen molar-refractivity contribution in [2.45, 2.75) is 0 Å². The van der Waals surface area contributed by atoms with Gasteiger partial charge in [0, 0.05) is 12.6 Å². The normalized spacial score (nSPS) is 14.1. The molecule has 1 N–H and O–H groups in total. The molecule has 0 atom stereocenters. The molecular formula is C13H11NO5. The summed E-state index contributed by atoms with van der Waals surface area (Å²) in [6.45, 7) is 0.0379. The minimum absolute atomic E-state index is 0.0379. The lowest BCUT2D eigenvalue weighted by atomic mass is 10.1. The van der Waals surface area contributed by atoms with E-state index in [1.54, 1.807) is 12.1 Å². The van der Waals surface area contributed by atoms with Gasteiger partial charge in [-0.1, -0.05) is 6.08 Å². The number of amides is 1. The highest BCUT2D eigenvalue weighted by atomic mass is 16.5. The second-order valence-corrected chi connectivity index (χ2v) is 3.87. The number of carboxylic acids is 1. The predicted molar refractivity (Wildman–Crippen MR) is 66.5 cm³/mol. The number of benzene rings is 1. The number of carbonyl (C=O) groups is 3.